The fraction of sp³-hybridized carbons (Fsp3) is 0.538. The summed E-state index contributed by atoms with van der Waals surface area (Å²) in [6.07, 6.45) is -4.61. The van der Waals surface area contributed by atoms with Gasteiger partial charge in [-0.3, -0.25) is 9.59 Å². The van der Waals surface area contributed by atoms with Crippen LogP contribution in [0, 0.1) is 5.92 Å². The summed E-state index contributed by atoms with van der Waals surface area (Å²) in [7, 11) is 0. The fourth-order valence-corrected chi connectivity index (χ4v) is 2.99. The summed E-state index contributed by atoms with van der Waals surface area (Å²) < 4.78 is 36.9. The lowest BCUT2D eigenvalue weighted by Gasteiger charge is -2.19. The molecule has 0 spiro atoms. The smallest absolute Gasteiger partial charge is 0.348 e. The Hall–Kier alpha value is -1.57. The van der Waals surface area contributed by atoms with Crippen molar-refractivity contribution >= 4 is 23.2 Å². The van der Waals surface area contributed by atoms with E-state index < -0.39 is 24.5 Å². The highest BCUT2D eigenvalue weighted by Crippen LogP contribution is 2.25. The maximum Gasteiger partial charge on any atom is 0.406 e. The Bertz CT molecular complexity index is 516. The summed E-state index contributed by atoms with van der Waals surface area (Å²) in [5.41, 5.74) is 0. The zero-order valence-corrected chi connectivity index (χ0v) is 12.1. The van der Waals surface area contributed by atoms with Gasteiger partial charge in [0, 0.05) is 17.8 Å². The van der Waals surface area contributed by atoms with Gasteiger partial charge in [-0.2, -0.15) is 13.2 Å². The quantitative estimate of drug-likeness (QED) is 0.926. The topological polar surface area (TPSA) is 49.4 Å². The SMILES string of the molecule is C[C@H](NC(=O)[C@H]1CC(=O)N(CC(F)(F)F)C1)c1cccs1. The van der Waals surface area contributed by atoms with Crippen LogP contribution in [0.15, 0.2) is 17.5 Å². The van der Waals surface area contributed by atoms with Crippen LogP contribution in [-0.4, -0.2) is 36.0 Å². The van der Waals surface area contributed by atoms with Gasteiger partial charge < -0.3 is 10.2 Å². The van der Waals surface area contributed by atoms with Gasteiger partial charge in [-0.05, 0) is 18.4 Å². The molecule has 0 unspecified atom stereocenters. The average Bonchev–Trinajstić information content (AvgIpc) is 2.98. The van der Waals surface area contributed by atoms with Crippen LogP contribution in [0.5, 0.6) is 0 Å². The van der Waals surface area contributed by atoms with Crippen molar-refractivity contribution in [3.8, 4) is 0 Å². The molecule has 1 fully saturated rings. The predicted octanol–water partition coefficient (Wildman–Crippen LogP) is 2.34. The van der Waals surface area contributed by atoms with Crippen molar-refractivity contribution in [1.82, 2.24) is 10.2 Å². The third kappa shape index (κ3) is 4.20. The summed E-state index contributed by atoms with van der Waals surface area (Å²) in [5.74, 6) is -1.73. The van der Waals surface area contributed by atoms with E-state index in [1.165, 1.54) is 11.3 Å². The van der Waals surface area contributed by atoms with E-state index in [2.05, 4.69) is 5.32 Å². The summed E-state index contributed by atoms with van der Waals surface area (Å²) in [6.45, 7) is 0.325. The van der Waals surface area contributed by atoms with Crippen molar-refractivity contribution in [3.63, 3.8) is 0 Å². The Morgan fingerprint density at radius 3 is 2.86 bits per heavy atom. The number of carbonyl (C=O) groups is 2. The lowest BCUT2D eigenvalue weighted by molar-refractivity contribution is -0.157. The van der Waals surface area contributed by atoms with Crippen molar-refractivity contribution in [2.24, 2.45) is 5.92 Å². The van der Waals surface area contributed by atoms with Crippen LogP contribution in [0.4, 0.5) is 13.2 Å². The van der Waals surface area contributed by atoms with E-state index in [9.17, 15) is 22.8 Å². The zero-order valence-electron chi connectivity index (χ0n) is 11.3. The first-order chi connectivity index (χ1) is 9.76. The molecule has 0 radical (unpaired) electrons. The standard InChI is InChI=1S/C13H15F3N2O2S/c1-8(10-3-2-4-21-10)17-12(20)9-5-11(19)18(6-9)7-13(14,15)16/h2-4,8-9H,5-7H2,1H3,(H,17,20)/t8-,9-/m0/s1. The highest BCUT2D eigenvalue weighted by molar-refractivity contribution is 7.10. The molecule has 1 aromatic rings. The summed E-state index contributed by atoms with van der Waals surface area (Å²) >= 11 is 1.48. The van der Waals surface area contributed by atoms with Crippen LogP contribution in [0.3, 0.4) is 0 Å². The van der Waals surface area contributed by atoms with E-state index in [4.69, 9.17) is 0 Å². The van der Waals surface area contributed by atoms with Gasteiger partial charge in [0.15, 0.2) is 0 Å². The molecule has 0 saturated carbocycles. The molecule has 2 amide bonds. The van der Waals surface area contributed by atoms with Crippen molar-refractivity contribution in [2.75, 3.05) is 13.1 Å². The maximum atomic E-state index is 12.3. The van der Waals surface area contributed by atoms with Crippen LogP contribution in [0.2, 0.25) is 0 Å². The highest BCUT2D eigenvalue weighted by Gasteiger charge is 2.40. The molecule has 21 heavy (non-hydrogen) atoms. The number of halogens is 3. The molecule has 1 aliphatic heterocycles. The van der Waals surface area contributed by atoms with Crippen LogP contribution < -0.4 is 5.32 Å². The Morgan fingerprint density at radius 1 is 1.57 bits per heavy atom. The molecule has 8 heteroatoms. The number of thiophene rings is 1. The molecule has 0 aromatic carbocycles. The van der Waals surface area contributed by atoms with Gasteiger partial charge in [0.2, 0.25) is 11.8 Å². The molecule has 1 aliphatic rings. The molecule has 1 N–H and O–H groups in total. The number of nitrogens with one attached hydrogen (secondary N) is 1. The van der Waals surface area contributed by atoms with E-state index in [1.54, 1.807) is 6.92 Å². The number of rotatable bonds is 4. The van der Waals surface area contributed by atoms with Gasteiger partial charge in [0.25, 0.3) is 0 Å². The second-order valence-corrected chi connectivity index (χ2v) is 6.02. The minimum absolute atomic E-state index is 0.168. The number of hydrogen-bond donors (Lipinski definition) is 1. The monoisotopic (exact) mass is 320 g/mol. The molecule has 0 aliphatic carbocycles. The average molecular weight is 320 g/mol. The van der Waals surface area contributed by atoms with Gasteiger partial charge in [-0.25, -0.2) is 0 Å². The maximum absolute atomic E-state index is 12.3. The Balaban J connectivity index is 1.91. The predicted molar refractivity (Wildman–Crippen MR) is 71.6 cm³/mol. The minimum Gasteiger partial charge on any atom is -0.348 e. The number of likely N-dealkylation sites (tertiary alicyclic amines) is 1. The molecule has 2 heterocycles. The Morgan fingerprint density at radius 2 is 2.29 bits per heavy atom. The first-order valence-corrected chi connectivity index (χ1v) is 7.32. The number of amides is 2. The summed E-state index contributed by atoms with van der Waals surface area (Å²) in [4.78, 5) is 25.2. The summed E-state index contributed by atoms with van der Waals surface area (Å²) in [5, 5.41) is 4.62. The molecule has 1 saturated heterocycles. The van der Waals surface area contributed by atoms with Gasteiger partial charge in [-0.15, -0.1) is 11.3 Å². The van der Waals surface area contributed by atoms with Crippen LogP contribution in [0.25, 0.3) is 0 Å². The first-order valence-electron chi connectivity index (χ1n) is 6.44. The fourth-order valence-electron chi connectivity index (χ4n) is 2.26. The molecule has 2 atom stereocenters. The second-order valence-electron chi connectivity index (χ2n) is 5.04. The zero-order chi connectivity index (χ0) is 15.6. The van der Waals surface area contributed by atoms with Crippen LogP contribution >= 0.6 is 11.3 Å². The number of hydrogen-bond acceptors (Lipinski definition) is 3. The first kappa shape index (κ1) is 15.8. The lowest BCUT2D eigenvalue weighted by Crippen LogP contribution is -2.37. The Kier molecular flexibility index (Phi) is 4.55. The van der Waals surface area contributed by atoms with Crippen molar-refractivity contribution in [3.05, 3.63) is 22.4 Å². The van der Waals surface area contributed by atoms with E-state index in [1.807, 2.05) is 17.5 Å². The van der Waals surface area contributed by atoms with E-state index >= 15 is 0 Å². The molecular formula is C13H15F3N2O2S. The van der Waals surface area contributed by atoms with E-state index in [0.29, 0.717) is 4.90 Å². The molecule has 1 aromatic heterocycles. The van der Waals surface area contributed by atoms with E-state index in [-0.39, 0.29) is 24.9 Å². The van der Waals surface area contributed by atoms with Crippen molar-refractivity contribution < 1.29 is 22.8 Å². The van der Waals surface area contributed by atoms with Crippen LogP contribution in [-0.2, 0) is 9.59 Å². The van der Waals surface area contributed by atoms with Gasteiger partial charge >= 0.3 is 6.18 Å². The van der Waals surface area contributed by atoms with Crippen molar-refractivity contribution in [1.29, 1.82) is 0 Å². The minimum atomic E-state index is -4.44. The van der Waals surface area contributed by atoms with Gasteiger partial charge in [0.05, 0.1) is 12.0 Å². The Labute approximate surface area is 123 Å². The third-order valence-electron chi connectivity index (χ3n) is 3.28. The number of carbonyl (C=O) groups excluding carboxylic acids is 2. The van der Waals surface area contributed by atoms with Crippen molar-refractivity contribution in [2.45, 2.75) is 25.6 Å². The number of nitrogens with zero attached hydrogens (tertiary/aromatic N) is 1. The van der Waals surface area contributed by atoms with Gasteiger partial charge in [0.1, 0.15) is 6.54 Å². The third-order valence-corrected chi connectivity index (χ3v) is 4.34. The lowest BCUT2D eigenvalue weighted by atomic mass is 10.1. The largest absolute Gasteiger partial charge is 0.406 e. The normalized spacial score (nSPS) is 20.7. The molecule has 0 bridgehead atoms. The molecule has 116 valence electrons. The molecule has 2 rings (SSSR count). The summed E-state index contributed by atoms with van der Waals surface area (Å²) in [6, 6.07) is 3.50. The second kappa shape index (κ2) is 6.05. The molecule has 4 nitrogen and oxygen atoms in total. The van der Waals surface area contributed by atoms with E-state index in [0.717, 1.165) is 4.88 Å². The number of alkyl halides is 3. The molecular weight excluding hydrogens is 305 g/mol. The van der Waals surface area contributed by atoms with Crippen LogP contribution in [0.1, 0.15) is 24.3 Å². The van der Waals surface area contributed by atoms with Gasteiger partial charge in [-0.1, -0.05) is 6.07 Å². The highest BCUT2D eigenvalue weighted by atomic mass is 32.1.